The molecule has 22 heavy (non-hydrogen) atoms. The van der Waals surface area contributed by atoms with Gasteiger partial charge in [-0.05, 0) is 30.3 Å². The van der Waals surface area contributed by atoms with E-state index in [0.29, 0.717) is 20.9 Å². The van der Waals surface area contributed by atoms with Crippen LogP contribution in [0.5, 0.6) is 0 Å². The molecule has 5 nitrogen and oxygen atoms in total. The lowest BCUT2D eigenvalue weighted by Gasteiger charge is -2.05. The molecule has 2 aromatic heterocycles. The Morgan fingerprint density at radius 3 is 2.86 bits per heavy atom. The summed E-state index contributed by atoms with van der Waals surface area (Å²) in [6.07, 6.45) is 1.86. The number of benzene rings is 1. The molecule has 0 aliphatic carbocycles. The number of carbonyl (C=O) groups excluding carboxylic acids is 1. The number of nitrogens with zero attached hydrogens (tertiary/aromatic N) is 3. The van der Waals surface area contributed by atoms with Gasteiger partial charge in [-0.15, -0.1) is 10.2 Å². The Morgan fingerprint density at radius 2 is 2.05 bits per heavy atom. The monoisotopic (exact) mass is 352 g/mol. The van der Waals surface area contributed by atoms with Crippen molar-refractivity contribution >= 4 is 52.2 Å². The van der Waals surface area contributed by atoms with Gasteiger partial charge in [-0.1, -0.05) is 41.0 Å². The summed E-state index contributed by atoms with van der Waals surface area (Å²) in [5.74, 6) is 0.0618. The summed E-state index contributed by atoms with van der Waals surface area (Å²) in [5, 5.41) is 12.4. The molecule has 0 bridgehead atoms. The number of thioether (sulfide) groups is 1. The molecule has 0 saturated heterocycles. The molecular formula is C14H10Cl2N4OS. The molecule has 3 rings (SSSR count). The lowest BCUT2D eigenvalue weighted by Crippen LogP contribution is -2.14. The van der Waals surface area contributed by atoms with Crippen molar-refractivity contribution < 1.29 is 4.79 Å². The van der Waals surface area contributed by atoms with Crippen molar-refractivity contribution in [2.75, 3.05) is 11.1 Å². The lowest BCUT2D eigenvalue weighted by atomic mass is 10.3. The van der Waals surface area contributed by atoms with Gasteiger partial charge in [0.15, 0.2) is 10.8 Å². The second kappa shape index (κ2) is 6.56. The van der Waals surface area contributed by atoms with E-state index in [4.69, 9.17) is 23.2 Å². The standard InChI is InChI=1S/C14H10Cl2N4OS/c15-10-5-4-9(7-11(10)16)17-13(21)8-22-14-19-18-12-3-1-2-6-20(12)14/h1-7H,8H2,(H,17,21). The van der Waals surface area contributed by atoms with Crippen molar-refractivity contribution in [3.05, 3.63) is 52.6 Å². The molecule has 1 amide bonds. The molecule has 112 valence electrons. The van der Waals surface area contributed by atoms with Crippen molar-refractivity contribution in [2.45, 2.75) is 5.16 Å². The number of nitrogens with one attached hydrogen (secondary N) is 1. The van der Waals surface area contributed by atoms with Gasteiger partial charge < -0.3 is 5.32 Å². The average Bonchev–Trinajstić information content (AvgIpc) is 2.92. The lowest BCUT2D eigenvalue weighted by molar-refractivity contribution is -0.113. The first-order valence-electron chi connectivity index (χ1n) is 6.31. The van der Waals surface area contributed by atoms with Crippen molar-refractivity contribution in [3.8, 4) is 0 Å². The number of aromatic nitrogens is 3. The van der Waals surface area contributed by atoms with Crippen molar-refractivity contribution in [1.29, 1.82) is 0 Å². The predicted octanol–water partition coefficient (Wildman–Crippen LogP) is 3.77. The quantitative estimate of drug-likeness (QED) is 0.726. The molecular weight excluding hydrogens is 343 g/mol. The van der Waals surface area contributed by atoms with Crippen LogP contribution in [0.2, 0.25) is 10.0 Å². The number of pyridine rings is 1. The minimum Gasteiger partial charge on any atom is -0.325 e. The normalized spacial score (nSPS) is 10.8. The third kappa shape index (κ3) is 3.35. The number of fused-ring (bicyclic) bond motifs is 1. The Balaban J connectivity index is 1.63. The van der Waals surface area contributed by atoms with E-state index in [1.807, 2.05) is 28.8 Å². The Bertz CT molecular complexity index is 837. The molecule has 3 aromatic rings. The molecule has 1 aromatic carbocycles. The van der Waals surface area contributed by atoms with Crippen LogP contribution in [-0.2, 0) is 4.79 Å². The number of halogens is 2. The highest BCUT2D eigenvalue weighted by molar-refractivity contribution is 7.99. The van der Waals surface area contributed by atoms with Crippen LogP contribution < -0.4 is 5.32 Å². The molecule has 2 heterocycles. The van der Waals surface area contributed by atoms with E-state index in [0.717, 1.165) is 5.65 Å². The van der Waals surface area contributed by atoms with Gasteiger partial charge in [0.25, 0.3) is 0 Å². The van der Waals surface area contributed by atoms with Crippen LogP contribution in [0.1, 0.15) is 0 Å². The SMILES string of the molecule is O=C(CSc1nnc2ccccn12)Nc1ccc(Cl)c(Cl)c1. The van der Waals surface area contributed by atoms with E-state index >= 15 is 0 Å². The zero-order valence-electron chi connectivity index (χ0n) is 11.2. The molecule has 1 N–H and O–H groups in total. The minimum atomic E-state index is -0.156. The van der Waals surface area contributed by atoms with E-state index in [1.165, 1.54) is 11.8 Å². The number of rotatable bonds is 4. The maximum absolute atomic E-state index is 12.0. The zero-order chi connectivity index (χ0) is 15.5. The van der Waals surface area contributed by atoms with E-state index in [2.05, 4.69) is 15.5 Å². The molecule has 8 heteroatoms. The first kappa shape index (κ1) is 15.1. The topological polar surface area (TPSA) is 59.3 Å². The fourth-order valence-corrected chi connectivity index (χ4v) is 2.84. The molecule has 0 saturated carbocycles. The van der Waals surface area contributed by atoms with E-state index in [1.54, 1.807) is 18.2 Å². The fraction of sp³-hybridized carbons (Fsp3) is 0.0714. The Morgan fingerprint density at radius 1 is 1.18 bits per heavy atom. The van der Waals surface area contributed by atoms with Gasteiger partial charge in [0.2, 0.25) is 5.91 Å². The predicted molar refractivity (Wildman–Crippen MR) is 88.8 cm³/mol. The van der Waals surface area contributed by atoms with E-state index in [9.17, 15) is 4.79 Å². The first-order valence-corrected chi connectivity index (χ1v) is 8.05. The van der Waals surface area contributed by atoms with Crippen LogP contribution in [0.3, 0.4) is 0 Å². The van der Waals surface area contributed by atoms with Gasteiger partial charge in [-0.25, -0.2) is 0 Å². The largest absolute Gasteiger partial charge is 0.325 e. The van der Waals surface area contributed by atoms with Crippen molar-refractivity contribution in [1.82, 2.24) is 14.6 Å². The van der Waals surface area contributed by atoms with Crippen molar-refractivity contribution in [2.24, 2.45) is 0 Å². The molecule has 0 spiro atoms. The number of amides is 1. The average molecular weight is 353 g/mol. The summed E-state index contributed by atoms with van der Waals surface area (Å²) in [5.41, 5.74) is 1.35. The molecule has 0 fully saturated rings. The fourth-order valence-electron chi connectivity index (χ4n) is 1.82. The summed E-state index contributed by atoms with van der Waals surface area (Å²) >= 11 is 13.1. The van der Waals surface area contributed by atoms with Gasteiger partial charge >= 0.3 is 0 Å². The maximum Gasteiger partial charge on any atom is 0.234 e. The number of anilines is 1. The summed E-state index contributed by atoms with van der Waals surface area (Å²) < 4.78 is 1.83. The van der Waals surface area contributed by atoms with Crippen LogP contribution in [0, 0.1) is 0 Å². The highest BCUT2D eigenvalue weighted by atomic mass is 35.5. The summed E-state index contributed by atoms with van der Waals surface area (Å²) in [6.45, 7) is 0. The second-order valence-electron chi connectivity index (χ2n) is 4.38. The van der Waals surface area contributed by atoms with Crippen LogP contribution in [0.4, 0.5) is 5.69 Å². The van der Waals surface area contributed by atoms with Crippen LogP contribution in [0.25, 0.3) is 5.65 Å². The second-order valence-corrected chi connectivity index (χ2v) is 6.13. The summed E-state index contributed by atoms with van der Waals surface area (Å²) in [7, 11) is 0. The molecule has 0 radical (unpaired) electrons. The summed E-state index contributed by atoms with van der Waals surface area (Å²) in [6, 6.07) is 10.6. The van der Waals surface area contributed by atoms with E-state index in [-0.39, 0.29) is 11.7 Å². The third-order valence-electron chi connectivity index (χ3n) is 2.82. The van der Waals surface area contributed by atoms with Gasteiger partial charge in [0.1, 0.15) is 0 Å². The van der Waals surface area contributed by atoms with Gasteiger partial charge in [-0.2, -0.15) is 0 Å². The maximum atomic E-state index is 12.0. The highest BCUT2D eigenvalue weighted by Crippen LogP contribution is 2.25. The molecule has 0 unspecified atom stereocenters. The van der Waals surface area contributed by atoms with Gasteiger partial charge in [0.05, 0.1) is 15.8 Å². The van der Waals surface area contributed by atoms with Crippen LogP contribution in [-0.4, -0.2) is 26.3 Å². The van der Waals surface area contributed by atoms with Crippen molar-refractivity contribution in [3.63, 3.8) is 0 Å². The third-order valence-corrected chi connectivity index (χ3v) is 4.50. The smallest absolute Gasteiger partial charge is 0.234 e. The number of carbonyl (C=O) groups is 1. The van der Waals surface area contributed by atoms with Gasteiger partial charge in [0, 0.05) is 11.9 Å². The zero-order valence-corrected chi connectivity index (χ0v) is 13.5. The molecule has 0 aliphatic rings. The Labute approximate surface area is 140 Å². The van der Waals surface area contributed by atoms with Gasteiger partial charge in [-0.3, -0.25) is 9.20 Å². The minimum absolute atomic E-state index is 0.156. The first-order chi connectivity index (χ1) is 10.6. The number of hydrogen-bond donors (Lipinski definition) is 1. The van der Waals surface area contributed by atoms with Crippen LogP contribution >= 0.6 is 35.0 Å². The Kier molecular flexibility index (Phi) is 4.52. The highest BCUT2D eigenvalue weighted by Gasteiger charge is 2.09. The van der Waals surface area contributed by atoms with Crippen LogP contribution in [0.15, 0.2) is 47.8 Å². The summed E-state index contributed by atoms with van der Waals surface area (Å²) in [4.78, 5) is 12.0. The van der Waals surface area contributed by atoms with E-state index < -0.39 is 0 Å². The number of hydrogen-bond acceptors (Lipinski definition) is 4. The molecule has 0 aliphatic heterocycles. The Hall–Kier alpha value is -1.76. The molecule has 0 atom stereocenters.